The van der Waals surface area contributed by atoms with Crippen molar-refractivity contribution in [2.24, 2.45) is 0 Å². The first-order valence-electron chi connectivity index (χ1n) is 19.2. The van der Waals surface area contributed by atoms with Gasteiger partial charge in [0.2, 0.25) is 0 Å². The van der Waals surface area contributed by atoms with Gasteiger partial charge in [-0.05, 0) is 18.6 Å². The van der Waals surface area contributed by atoms with Gasteiger partial charge < -0.3 is 23.5 Å². The first kappa shape index (κ1) is 45.4. The number of rotatable bonds is 36. The fourth-order valence-corrected chi connectivity index (χ4v) is 7.08. The summed E-state index contributed by atoms with van der Waals surface area (Å²) in [6.45, 7) is 3.94. The van der Waals surface area contributed by atoms with Crippen LogP contribution in [-0.2, 0) is 28.2 Å². The van der Waals surface area contributed by atoms with E-state index < -0.39 is 19.7 Å². The number of thiol groups is 1. The lowest BCUT2D eigenvalue weighted by molar-refractivity contribution is -0.202. The number of carbonyl (C=O) groups excluding carboxylic acids is 2. The average Bonchev–Trinajstić information content (AvgIpc) is 3.03. The minimum Gasteiger partial charge on any atom is -0.778 e. The van der Waals surface area contributed by atoms with Gasteiger partial charge in [0.05, 0.1) is 6.61 Å². The van der Waals surface area contributed by atoms with Gasteiger partial charge in [0.15, 0.2) is 6.10 Å². The zero-order valence-electron chi connectivity index (χ0n) is 30.0. The second kappa shape index (κ2) is 34.3. The lowest BCUT2D eigenvalue weighted by Crippen LogP contribution is -2.30. The van der Waals surface area contributed by atoms with E-state index >= 15 is 0 Å². The molecule has 2 atom stereocenters. The fourth-order valence-electron chi connectivity index (χ4n) is 5.58. The van der Waals surface area contributed by atoms with Crippen molar-refractivity contribution in [3.8, 4) is 0 Å². The lowest BCUT2D eigenvalue weighted by Gasteiger charge is -2.25. The van der Waals surface area contributed by atoms with Gasteiger partial charge >= 0.3 is 11.9 Å². The van der Waals surface area contributed by atoms with Crippen LogP contribution in [0.2, 0.25) is 0 Å². The molecule has 0 aliphatic heterocycles. The van der Waals surface area contributed by atoms with Crippen LogP contribution >= 0.6 is 20.2 Å². The molecule has 0 rings (SSSR count). The van der Waals surface area contributed by atoms with Crippen LogP contribution in [0.25, 0.3) is 0 Å². The van der Waals surface area contributed by atoms with Crippen LogP contribution in [0.15, 0.2) is 0 Å². The molecule has 274 valence electrons. The standard InChI is InChI=1S/C37H73O7PS/c1-3-5-7-9-11-13-15-17-19-21-23-25-27-29-36(38)42-33-35(34-43-45(40,41)31-32-46)44-37(39)30-28-26-24-22-20-18-16-14-12-10-8-6-4-2/h35,46H,3-34H2,1-2H3,(H,40,41)/p-1/t35-/m1/s1. The first-order valence-corrected chi connectivity index (χ1v) is 21.6. The Hall–Kier alpha value is -0.560. The van der Waals surface area contributed by atoms with E-state index in [1.54, 1.807) is 0 Å². The number of ether oxygens (including phenoxy) is 2. The summed E-state index contributed by atoms with van der Waals surface area (Å²) >= 11 is 3.96. The van der Waals surface area contributed by atoms with Gasteiger partial charge in [-0.2, -0.15) is 12.6 Å². The third-order valence-corrected chi connectivity index (χ3v) is 10.4. The summed E-state index contributed by atoms with van der Waals surface area (Å²) in [5.41, 5.74) is 0. The van der Waals surface area contributed by atoms with Gasteiger partial charge in [0.1, 0.15) is 14.2 Å². The molecule has 0 saturated heterocycles. The van der Waals surface area contributed by atoms with Crippen molar-refractivity contribution < 1.29 is 33.0 Å². The predicted octanol–water partition coefficient (Wildman–Crippen LogP) is 10.9. The zero-order chi connectivity index (χ0) is 34.0. The summed E-state index contributed by atoms with van der Waals surface area (Å²) in [6, 6.07) is 0. The highest BCUT2D eigenvalue weighted by Crippen LogP contribution is 2.36. The molecule has 0 aromatic carbocycles. The molecule has 7 nitrogen and oxygen atoms in total. The van der Waals surface area contributed by atoms with Crippen LogP contribution in [0, 0.1) is 0 Å². The number of carbonyl (C=O) groups is 2. The predicted molar refractivity (Wildman–Crippen MR) is 194 cm³/mol. The molecule has 0 heterocycles. The zero-order valence-corrected chi connectivity index (χ0v) is 31.7. The van der Waals surface area contributed by atoms with Crippen molar-refractivity contribution in [3.63, 3.8) is 0 Å². The number of hydrogen-bond donors (Lipinski definition) is 1. The molecule has 9 heteroatoms. The topological polar surface area (TPSA) is 102 Å². The van der Waals surface area contributed by atoms with Crippen molar-refractivity contribution in [1.82, 2.24) is 0 Å². The molecular weight excluding hydrogens is 619 g/mol. The van der Waals surface area contributed by atoms with Crippen LogP contribution in [0.3, 0.4) is 0 Å². The fraction of sp³-hybridized carbons (Fsp3) is 0.946. The Morgan fingerprint density at radius 2 is 0.913 bits per heavy atom. The van der Waals surface area contributed by atoms with Crippen LogP contribution in [0.4, 0.5) is 0 Å². The van der Waals surface area contributed by atoms with E-state index in [0.29, 0.717) is 6.42 Å². The molecule has 0 amide bonds. The van der Waals surface area contributed by atoms with Gasteiger partial charge in [-0.25, -0.2) is 0 Å². The van der Waals surface area contributed by atoms with Crippen molar-refractivity contribution >= 4 is 32.2 Å². The molecule has 0 aliphatic carbocycles. The average molecular weight is 692 g/mol. The number of unbranched alkanes of at least 4 members (excludes halogenated alkanes) is 24. The summed E-state index contributed by atoms with van der Waals surface area (Å²) in [5.74, 6) is -0.640. The van der Waals surface area contributed by atoms with Crippen LogP contribution < -0.4 is 4.89 Å². The summed E-state index contributed by atoms with van der Waals surface area (Å²) < 4.78 is 27.9. The van der Waals surface area contributed by atoms with Crippen molar-refractivity contribution in [1.29, 1.82) is 0 Å². The van der Waals surface area contributed by atoms with Gasteiger partial charge in [0, 0.05) is 19.0 Å². The largest absolute Gasteiger partial charge is 0.778 e. The molecule has 0 aromatic rings. The Kier molecular flexibility index (Phi) is 33.9. The van der Waals surface area contributed by atoms with Crippen molar-refractivity contribution in [2.45, 2.75) is 200 Å². The number of hydrogen-bond acceptors (Lipinski definition) is 8. The highest BCUT2D eigenvalue weighted by atomic mass is 32.1. The molecule has 0 aliphatic rings. The third kappa shape index (κ3) is 33.3. The SMILES string of the molecule is CCCCCCCCCCCCCCCC(=O)OC[C@H](COP(=O)([O-])CCS)OC(=O)CCCCCCCCCCCCCCC. The van der Waals surface area contributed by atoms with E-state index in [1.165, 1.54) is 128 Å². The Labute approximate surface area is 289 Å². The van der Waals surface area contributed by atoms with E-state index in [9.17, 15) is 19.0 Å². The van der Waals surface area contributed by atoms with Crippen molar-refractivity contribution in [2.75, 3.05) is 25.1 Å². The highest BCUT2D eigenvalue weighted by Gasteiger charge is 2.20. The minimum atomic E-state index is -4.09. The van der Waals surface area contributed by atoms with Gasteiger partial charge in [-0.15, -0.1) is 0 Å². The Morgan fingerprint density at radius 1 is 0.565 bits per heavy atom. The lowest BCUT2D eigenvalue weighted by atomic mass is 10.0. The highest BCUT2D eigenvalue weighted by molar-refractivity contribution is 7.80. The monoisotopic (exact) mass is 691 g/mol. The van der Waals surface area contributed by atoms with E-state index in [1.807, 2.05) is 0 Å². The Bertz CT molecular complexity index is 737. The molecule has 0 spiro atoms. The van der Waals surface area contributed by atoms with E-state index in [2.05, 4.69) is 26.5 Å². The molecule has 0 aromatic heterocycles. The molecular formula is C37H72O7PS-. The second-order valence-electron chi connectivity index (χ2n) is 13.1. The molecule has 46 heavy (non-hydrogen) atoms. The first-order chi connectivity index (χ1) is 22.3. The second-order valence-corrected chi connectivity index (χ2v) is 15.5. The molecule has 0 radical (unpaired) electrons. The number of esters is 2. The van der Waals surface area contributed by atoms with Gasteiger partial charge in [0.25, 0.3) is 0 Å². The van der Waals surface area contributed by atoms with Gasteiger partial charge in [-0.3, -0.25) is 9.59 Å². The molecule has 0 N–H and O–H groups in total. The Morgan fingerprint density at radius 3 is 1.28 bits per heavy atom. The smallest absolute Gasteiger partial charge is 0.306 e. The molecule has 1 unspecified atom stereocenters. The summed E-state index contributed by atoms with van der Waals surface area (Å²) in [5, 5.41) is 0. The Balaban J connectivity index is 4.11. The maximum atomic E-state index is 12.5. The quantitative estimate of drug-likeness (QED) is 0.0302. The van der Waals surface area contributed by atoms with Gasteiger partial charge in [-0.1, -0.05) is 168 Å². The van der Waals surface area contributed by atoms with E-state index in [-0.39, 0.29) is 37.5 Å². The van der Waals surface area contributed by atoms with Crippen LogP contribution in [-0.4, -0.2) is 43.2 Å². The normalized spacial score (nSPS) is 13.4. The molecule has 0 saturated carbocycles. The summed E-state index contributed by atoms with van der Waals surface area (Å²) in [6.07, 6.45) is 31.3. The van der Waals surface area contributed by atoms with E-state index in [4.69, 9.17) is 14.0 Å². The maximum Gasteiger partial charge on any atom is 0.306 e. The maximum absolute atomic E-state index is 12.5. The third-order valence-electron chi connectivity index (χ3n) is 8.53. The van der Waals surface area contributed by atoms with Crippen LogP contribution in [0.1, 0.15) is 194 Å². The minimum absolute atomic E-state index is 0.137. The molecule has 0 fully saturated rings. The van der Waals surface area contributed by atoms with Crippen LogP contribution in [0.5, 0.6) is 0 Å². The summed E-state index contributed by atoms with van der Waals surface area (Å²) in [7, 11) is -4.09. The summed E-state index contributed by atoms with van der Waals surface area (Å²) in [4.78, 5) is 36.8. The van der Waals surface area contributed by atoms with Crippen molar-refractivity contribution in [3.05, 3.63) is 0 Å². The van der Waals surface area contributed by atoms with E-state index in [0.717, 1.165) is 38.5 Å². The molecule has 0 bridgehead atoms.